The summed E-state index contributed by atoms with van der Waals surface area (Å²) in [7, 11) is 2.08. The van der Waals surface area contributed by atoms with Crippen molar-refractivity contribution in [2.24, 2.45) is 5.73 Å². The highest BCUT2D eigenvalue weighted by Crippen LogP contribution is 2.07. The van der Waals surface area contributed by atoms with Crippen LogP contribution in [-0.2, 0) is 19.6 Å². The van der Waals surface area contributed by atoms with E-state index in [1.807, 2.05) is 4.68 Å². The van der Waals surface area contributed by atoms with Crippen molar-refractivity contribution >= 4 is 0 Å². The molecule has 0 amide bonds. The van der Waals surface area contributed by atoms with E-state index in [0.717, 1.165) is 31.3 Å². The first-order valence-electron chi connectivity index (χ1n) is 4.11. The molecule has 1 aliphatic heterocycles. The monoisotopic (exact) mass is 167 g/mol. The molecule has 0 saturated heterocycles. The third kappa shape index (κ3) is 1.21. The van der Waals surface area contributed by atoms with Crippen molar-refractivity contribution in [2.75, 3.05) is 13.6 Å². The molecule has 1 aromatic rings. The highest BCUT2D eigenvalue weighted by Gasteiger charge is 2.15. The van der Waals surface area contributed by atoms with Crippen LogP contribution in [0.25, 0.3) is 0 Å². The Balaban J connectivity index is 2.28. The Morgan fingerprint density at radius 2 is 2.33 bits per heavy atom. The summed E-state index contributed by atoms with van der Waals surface area (Å²) in [5.41, 5.74) is 5.44. The number of nitrogens with two attached hydrogens (primary N) is 1. The van der Waals surface area contributed by atoms with E-state index in [1.165, 1.54) is 0 Å². The summed E-state index contributed by atoms with van der Waals surface area (Å²) < 4.78 is 1.95. The molecule has 5 heteroatoms. The first kappa shape index (κ1) is 7.70. The molecule has 0 radical (unpaired) electrons. The quantitative estimate of drug-likeness (QED) is 0.594. The van der Waals surface area contributed by atoms with Crippen molar-refractivity contribution in [1.82, 2.24) is 19.7 Å². The fourth-order valence-electron chi connectivity index (χ4n) is 1.39. The lowest BCUT2D eigenvalue weighted by Crippen LogP contribution is -2.30. The fraction of sp³-hybridized carbons (Fsp3) is 0.714. The van der Waals surface area contributed by atoms with E-state index in [0.29, 0.717) is 6.54 Å². The SMILES string of the molecule is CN1CCn2nc(CN)nc2C1. The predicted octanol–water partition coefficient (Wildman–Crippen LogP) is -0.818. The van der Waals surface area contributed by atoms with Crippen LogP contribution >= 0.6 is 0 Å². The molecule has 0 spiro atoms. The van der Waals surface area contributed by atoms with Gasteiger partial charge < -0.3 is 5.73 Å². The number of hydrogen-bond acceptors (Lipinski definition) is 4. The van der Waals surface area contributed by atoms with E-state index in [9.17, 15) is 0 Å². The van der Waals surface area contributed by atoms with Gasteiger partial charge in [-0.1, -0.05) is 0 Å². The summed E-state index contributed by atoms with van der Waals surface area (Å²) in [6, 6.07) is 0. The van der Waals surface area contributed by atoms with Gasteiger partial charge in [0, 0.05) is 6.54 Å². The van der Waals surface area contributed by atoms with Gasteiger partial charge >= 0.3 is 0 Å². The van der Waals surface area contributed by atoms with E-state index in [-0.39, 0.29) is 0 Å². The average Bonchev–Trinajstić information content (AvgIpc) is 2.46. The summed E-state index contributed by atoms with van der Waals surface area (Å²) in [6.45, 7) is 3.29. The molecule has 2 heterocycles. The lowest BCUT2D eigenvalue weighted by molar-refractivity contribution is 0.254. The molecular weight excluding hydrogens is 154 g/mol. The molecule has 0 aliphatic carbocycles. The Labute approximate surface area is 71.2 Å². The highest BCUT2D eigenvalue weighted by atomic mass is 15.4. The van der Waals surface area contributed by atoms with Gasteiger partial charge in [-0.05, 0) is 7.05 Å². The third-order valence-electron chi connectivity index (χ3n) is 2.08. The van der Waals surface area contributed by atoms with Crippen molar-refractivity contribution in [2.45, 2.75) is 19.6 Å². The molecule has 0 atom stereocenters. The summed E-state index contributed by atoms with van der Waals surface area (Å²) in [5.74, 6) is 1.78. The van der Waals surface area contributed by atoms with Gasteiger partial charge in [-0.3, -0.25) is 4.90 Å². The molecule has 0 unspecified atom stereocenters. The molecule has 0 saturated carbocycles. The molecule has 5 nitrogen and oxygen atoms in total. The average molecular weight is 167 g/mol. The topological polar surface area (TPSA) is 60.0 Å². The maximum atomic E-state index is 5.44. The van der Waals surface area contributed by atoms with E-state index in [1.54, 1.807) is 0 Å². The van der Waals surface area contributed by atoms with Crippen molar-refractivity contribution in [3.63, 3.8) is 0 Å². The predicted molar refractivity (Wildman–Crippen MR) is 44.2 cm³/mol. The van der Waals surface area contributed by atoms with Crippen LogP contribution in [0.4, 0.5) is 0 Å². The number of nitrogens with zero attached hydrogens (tertiary/aromatic N) is 4. The van der Waals surface area contributed by atoms with Crippen LogP contribution in [-0.4, -0.2) is 33.3 Å². The molecular formula is C7H13N5. The summed E-state index contributed by atoms with van der Waals surface area (Å²) in [5, 5.41) is 4.26. The van der Waals surface area contributed by atoms with Crippen LogP contribution in [0.15, 0.2) is 0 Å². The molecule has 1 aromatic heterocycles. The minimum atomic E-state index is 0.434. The van der Waals surface area contributed by atoms with Gasteiger partial charge in [-0.15, -0.1) is 0 Å². The van der Waals surface area contributed by atoms with E-state index < -0.39 is 0 Å². The lowest BCUT2D eigenvalue weighted by atomic mass is 10.4. The van der Waals surface area contributed by atoms with Crippen LogP contribution < -0.4 is 5.73 Å². The van der Waals surface area contributed by atoms with Crippen molar-refractivity contribution in [1.29, 1.82) is 0 Å². The van der Waals surface area contributed by atoms with Crippen LogP contribution in [0.1, 0.15) is 11.6 Å². The van der Waals surface area contributed by atoms with Crippen LogP contribution in [0.3, 0.4) is 0 Å². The van der Waals surface area contributed by atoms with Gasteiger partial charge in [-0.2, -0.15) is 5.10 Å². The summed E-state index contributed by atoms with van der Waals surface area (Å²) in [6.07, 6.45) is 0. The Bertz CT molecular complexity index is 279. The van der Waals surface area contributed by atoms with Crippen LogP contribution in [0, 0.1) is 0 Å². The minimum Gasteiger partial charge on any atom is -0.324 e. The molecule has 0 aromatic carbocycles. The number of fused-ring (bicyclic) bond motifs is 1. The second-order valence-corrected chi connectivity index (χ2v) is 3.11. The van der Waals surface area contributed by atoms with Gasteiger partial charge in [-0.25, -0.2) is 9.67 Å². The second kappa shape index (κ2) is 2.84. The van der Waals surface area contributed by atoms with Crippen molar-refractivity contribution in [3.8, 4) is 0 Å². The lowest BCUT2D eigenvalue weighted by Gasteiger charge is -2.21. The smallest absolute Gasteiger partial charge is 0.164 e. The Morgan fingerprint density at radius 1 is 1.50 bits per heavy atom. The van der Waals surface area contributed by atoms with Gasteiger partial charge in [0.05, 0.1) is 19.6 Å². The van der Waals surface area contributed by atoms with Crippen molar-refractivity contribution < 1.29 is 0 Å². The summed E-state index contributed by atoms with van der Waals surface area (Å²) >= 11 is 0. The van der Waals surface area contributed by atoms with Crippen molar-refractivity contribution in [3.05, 3.63) is 11.6 Å². The van der Waals surface area contributed by atoms with E-state index in [2.05, 4.69) is 22.0 Å². The zero-order valence-electron chi connectivity index (χ0n) is 7.19. The molecule has 1 aliphatic rings. The number of aromatic nitrogens is 3. The molecule has 2 rings (SSSR count). The molecule has 0 bridgehead atoms. The van der Waals surface area contributed by atoms with E-state index in [4.69, 9.17) is 5.73 Å². The van der Waals surface area contributed by atoms with Crippen LogP contribution in [0.5, 0.6) is 0 Å². The maximum Gasteiger partial charge on any atom is 0.164 e. The highest BCUT2D eigenvalue weighted by molar-refractivity contribution is 4.94. The maximum absolute atomic E-state index is 5.44. The molecule has 0 fully saturated rings. The van der Waals surface area contributed by atoms with Gasteiger partial charge in [0.25, 0.3) is 0 Å². The second-order valence-electron chi connectivity index (χ2n) is 3.11. The third-order valence-corrected chi connectivity index (χ3v) is 2.08. The Morgan fingerprint density at radius 3 is 3.08 bits per heavy atom. The Hall–Kier alpha value is -0.940. The summed E-state index contributed by atoms with van der Waals surface area (Å²) in [4.78, 5) is 6.53. The fourth-order valence-corrected chi connectivity index (χ4v) is 1.39. The van der Waals surface area contributed by atoms with Crippen LogP contribution in [0.2, 0.25) is 0 Å². The molecule has 2 N–H and O–H groups in total. The Kier molecular flexibility index (Phi) is 1.82. The first-order valence-corrected chi connectivity index (χ1v) is 4.11. The normalized spacial score (nSPS) is 17.8. The number of likely N-dealkylation sites (N-methyl/N-ethyl adjacent to an activating group) is 1. The van der Waals surface area contributed by atoms with Gasteiger partial charge in [0.15, 0.2) is 5.82 Å². The zero-order chi connectivity index (χ0) is 8.55. The molecule has 12 heavy (non-hydrogen) atoms. The number of rotatable bonds is 1. The molecule has 66 valence electrons. The first-order chi connectivity index (χ1) is 5.79. The number of hydrogen-bond donors (Lipinski definition) is 1. The van der Waals surface area contributed by atoms with E-state index >= 15 is 0 Å². The minimum absolute atomic E-state index is 0.434. The zero-order valence-corrected chi connectivity index (χ0v) is 7.19. The van der Waals surface area contributed by atoms with Gasteiger partial charge in [0.2, 0.25) is 0 Å². The standard InChI is InChI=1S/C7H13N5/c1-11-2-3-12-7(5-11)9-6(4-8)10-12/h2-5,8H2,1H3. The largest absolute Gasteiger partial charge is 0.324 e. The van der Waals surface area contributed by atoms with Gasteiger partial charge in [0.1, 0.15) is 5.82 Å².